The molecule has 1 radical (unpaired) electrons. The van der Waals surface area contributed by atoms with E-state index >= 15 is 0 Å². The lowest BCUT2D eigenvalue weighted by Gasteiger charge is -2.38. The van der Waals surface area contributed by atoms with Crippen LogP contribution in [0.1, 0.15) is 5.56 Å². The van der Waals surface area contributed by atoms with E-state index in [0.717, 1.165) is 5.56 Å². The summed E-state index contributed by atoms with van der Waals surface area (Å²) in [6.07, 6.45) is 11.2. The lowest BCUT2D eigenvalue weighted by molar-refractivity contribution is -0.763. The number of rotatable bonds is 4. The summed E-state index contributed by atoms with van der Waals surface area (Å²) in [4.78, 5) is 29.1. The van der Waals surface area contributed by atoms with Gasteiger partial charge in [-0.3, -0.25) is 9.59 Å². The molecule has 0 saturated heterocycles. The molecular weight excluding hydrogens is 304 g/mol. The number of primary amides is 2. The monoisotopic (exact) mass is 318 g/mol. The van der Waals surface area contributed by atoms with Gasteiger partial charge in [-0.25, -0.2) is 0 Å². The summed E-state index contributed by atoms with van der Waals surface area (Å²) in [6, 6.07) is 9.24. The Kier molecular flexibility index (Phi) is 2.76. The van der Waals surface area contributed by atoms with E-state index in [0.29, 0.717) is 11.5 Å². The molecule has 3 aliphatic rings. The van der Waals surface area contributed by atoms with Crippen molar-refractivity contribution >= 4 is 23.3 Å². The van der Waals surface area contributed by atoms with Crippen LogP contribution in [0.5, 0.6) is 0 Å². The zero-order valence-corrected chi connectivity index (χ0v) is 12.6. The minimum Gasteiger partial charge on any atom is -0.364 e. The summed E-state index contributed by atoms with van der Waals surface area (Å²) >= 11 is 0. The van der Waals surface area contributed by atoms with Crippen LogP contribution in [0.4, 0.5) is 0 Å². The number of carbonyl (C=O) groups is 2. The van der Waals surface area contributed by atoms with Gasteiger partial charge in [0, 0.05) is 17.7 Å². The average molecular weight is 318 g/mol. The van der Waals surface area contributed by atoms with Gasteiger partial charge in [0.25, 0.3) is 5.91 Å². The number of fused-ring (bicyclic) bond motifs is 1. The molecule has 0 bridgehead atoms. The second-order valence-electron chi connectivity index (χ2n) is 5.77. The van der Waals surface area contributed by atoms with Crippen molar-refractivity contribution in [1.29, 1.82) is 0 Å². The number of hydrogen-bond donors (Lipinski definition) is 2. The van der Waals surface area contributed by atoms with Crippen LogP contribution in [0, 0.1) is 6.08 Å². The van der Waals surface area contributed by atoms with Gasteiger partial charge in [0.1, 0.15) is 11.9 Å². The molecule has 2 aliphatic heterocycles. The van der Waals surface area contributed by atoms with Gasteiger partial charge in [-0.2, -0.15) is 9.48 Å². The van der Waals surface area contributed by atoms with Crippen LogP contribution in [-0.2, 0) is 9.59 Å². The molecule has 2 amide bonds. The molecule has 2 heterocycles. The Hall–Kier alpha value is -3.25. The molecule has 0 saturated carbocycles. The summed E-state index contributed by atoms with van der Waals surface area (Å²) in [5.41, 5.74) is 11.6. The van der Waals surface area contributed by atoms with Gasteiger partial charge in [-0.1, -0.05) is 30.3 Å². The molecule has 1 atom stereocenters. The summed E-state index contributed by atoms with van der Waals surface area (Å²) in [7, 11) is 0. The highest BCUT2D eigenvalue weighted by Crippen LogP contribution is 2.50. The Morgan fingerprint density at radius 1 is 1.12 bits per heavy atom. The Bertz CT molecular complexity index is 916. The number of amidine groups is 1. The number of nitrogens with zero attached hydrogens (tertiary/aromatic N) is 2. The molecule has 117 valence electrons. The van der Waals surface area contributed by atoms with E-state index in [1.165, 1.54) is 0 Å². The Balaban J connectivity index is 2.03. The van der Waals surface area contributed by atoms with Gasteiger partial charge in [0.15, 0.2) is 0 Å². The largest absolute Gasteiger partial charge is 0.364 e. The fourth-order valence-electron chi connectivity index (χ4n) is 3.33. The van der Waals surface area contributed by atoms with Gasteiger partial charge >= 0.3 is 5.91 Å². The molecule has 4 N–H and O–H groups in total. The molecule has 0 spiro atoms. The minimum absolute atomic E-state index is 0.217. The van der Waals surface area contributed by atoms with E-state index in [4.69, 9.17) is 11.5 Å². The number of nitrogens with two attached hydrogens (primary N) is 2. The van der Waals surface area contributed by atoms with Crippen LogP contribution in [0.15, 0.2) is 71.5 Å². The van der Waals surface area contributed by atoms with Crippen LogP contribution >= 0.6 is 0 Å². The maximum absolute atomic E-state index is 12.4. The summed E-state index contributed by atoms with van der Waals surface area (Å²) in [5.74, 6) is -0.737. The normalized spacial score (nSPS) is 25.4. The number of carbonyl (C=O) groups excluding carboxylic acids is 2. The molecule has 6 heteroatoms. The van der Waals surface area contributed by atoms with E-state index in [9.17, 15) is 9.59 Å². The highest BCUT2D eigenvalue weighted by Gasteiger charge is 2.67. The van der Waals surface area contributed by atoms with Crippen molar-refractivity contribution < 1.29 is 14.1 Å². The molecule has 1 aromatic carbocycles. The first-order valence-electron chi connectivity index (χ1n) is 7.38. The number of amides is 2. The fraction of sp³-hybridized carbons (Fsp3) is 0.0556. The highest BCUT2D eigenvalue weighted by atomic mass is 16.2. The highest BCUT2D eigenvalue weighted by molar-refractivity contribution is 6.10. The van der Waals surface area contributed by atoms with E-state index in [1.807, 2.05) is 30.3 Å². The van der Waals surface area contributed by atoms with Gasteiger partial charge in [0.2, 0.25) is 17.1 Å². The quantitative estimate of drug-likeness (QED) is 0.632. The van der Waals surface area contributed by atoms with Crippen LogP contribution in [0.2, 0.25) is 0 Å². The Morgan fingerprint density at radius 2 is 1.83 bits per heavy atom. The molecule has 1 aromatic rings. The number of allylic oxidation sites excluding steroid dienone is 2. The third kappa shape index (κ3) is 1.60. The first-order chi connectivity index (χ1) is 11.5. The maximum atomic E-state index is 12.4. The Morgan fingerprint density at radius 3 is 2.42 bits per heavy atom. The minimum atomic E-state index is -1.16. The summed E-state index contributed by atoms with van der Waals surface area (Å²) < 4.78 is -0.241. The van der Waals surface area contributed by atoms with Crippen molar-refractivity contribution in [3.63, 3.8) is 0 Å². The summed E-state index contributed by atoms with van der Waals surface area (Å²) in [5, 5.41) is 0. The van der Waals surface area contributed by atoms with Crippen molar-refractivity contribution in [2.45, 2.75) is 5.54 Å². The molecule has 0 fully saturated rings. The van der Waals surface area contributed by atoms with E-state index < -0.39 is 17.4 Å². The molecule has 0 aromatic heterocycles. The molecule has 1 unspecified atom stereocenters. The first kappa shape index (κ1) is 14.3. The van der Waals surface area contributed by atoms with Crippen molar-refractivity contribution in [2.24, 2.45) is 16.5 Å². The second kappa shape index (κ2) is 4.62. The van der Waals surface area contributed by atoms with Crippen molar-refractivity contribution in [1.82, 2.24) is 0 Å². The predicted octanol–water partition coefficient (Wildman–Crippen LogP) is 0.750. The van der Waals surface area contributed by atoms with E-state index in [1.54, 1.807) is 30.5 Å². The van der Waals surface area contributed by atoms with Crippen molar-refractivity contribution in [3.8, 4) is 0 Å². The first-order valence-corrected chi connectivity index (χ1v) is 7.38. The number of aliphatic imine (C=N–C) groups is 1. The number of quaternary nitrogens is 1. The van der Waals surface area contributed by atoms with Crippen LogP contribution in [0.3, 0.4) is 0 Å². The average Bonchev–Trinajstić information content (AvgIpc) is 3.32. The van der Waals surface area contributed by atoms with Gasteiger partial charge < -0.3 is 11.5 Å². The smallest absolute Gasteiger partial charge is 0.306 e. The molecule has 1 aliphatic carbocycles. The third-order valence-corrected chi connectivity index (χ3v) is 4.51. The standard InChI is InChI=1S/C18H13N4O2/c19-16(23)15-14(12-6-2-1-3-7-12)21-13-8-4-5-11-22(13,15)18(9-10-18)17(20)24/h1-3,5-11H,(H3-,19,20,23,24)/p+1. The lowest BCUT2D eigenvalue weighted by Crippen LogP contribution is -2.63. The zero-order valence-electron chi connectivity index (χ0n) is 12.6. The second-order valence-corrected chi connectivity index (χ2v) is 5.77. The number of hydrogen-bond acceptors (Lipinski definition) is 3. The molecular formula is C18H14N4O2+. The van der Waals surface area contributed by atoms with E-state index in [2.05, 4.69) is 11.1 Å². The fourth-order valence-corrected chi connectivity index (χ4v) is 3.33. The molecule has 4 rings (SSSR count). The van der Waals surface area contributed by atoms with Crippen LogP contribution in [-0.4, -0.2) is 27.7 Å². The molecule has 6 nitrogen and oxygen atoms in total. The number of benzene rings is 1. The topological polar surface area (TPSA) is 98.5 Å². The van der Waals surface area contributed by atoms with Crippen molar-refractivity contribution in [3.05, 3.63) is 78.2 Å². The summed E-state index contributed by atoms with van der Waals surface area (Å²) in [6.45, 7) is 0. The SMILES string of the molecule is NC(=O)C1=C(c2ccccc2)N=C2C=[C]C=C[N+]21C1(C(N)=O)C=C1. The van der Waals surface area contributed by atoms with E-state index in [-0.39, 0.29) is 10.2 Å². The predicted molar refractivity (Wildman–Crippen MR) is 88.3 cm³/mol. The van der Waals surface area contributed by atoms with Gasteiger partial charge in [-0.15, -0.1) is 0 Å². The third-order valence-electron chi connectivity index (χ3n) is 4.51. The molecule has 24 heavy (non-hydrogen) atoms. The lowest BCUT2D eigenvalue weighted by atomic mass is 10.0. The maximum Gasteiger partial charge on any atom is 0.306 e. The van der Waals surface area contributed by atoms with Gasteiger partial charge in [0.05, 0.1) is 0 Å². The van der Waals surface area contributed by atoms with Crippen LogP contribution in [0.25, 0.3) is 5.70 Å². The Labute approximate surface area is 138 Å². The van der Waals surface area contributed by atoms with Gasteiger partial charge in [-0.05, 0) is 18.2 Å². The zero-order chi connectivity index (χ0) is 16.9. The van der Waals surface area contributed by atoms with Crippen LogP contribution < -0.4 is 11.5 Å². The van der Waals surface area contributed by atoms with Crippen molar-refractivity contribution in [2.75, 3.05) is 0 Å².